The molecule has 5 heteroatoms. The lowest BCUT2D eigenvalue weighted by molar-refractivity contribution is -0.117. The van der Waals surface area contributed by atoms with E-state index in [1.54, 1.807) is 13.8 Å². The predicted octanol–water partition coefficient (Wildman–Crippen LogP) is 2.52. The number of carbonyl (C=O) groups excluding carboxylic acids is 2. The number of carbonyl (C=O) groups is 2. The van der Waals surface area contributed by atoms with E-state index in [0.717, 1.165) is 23.3 Å². The van der Waals surface area contributed by atoms with Gasteiger partial charge in [0.1, 0.15) is 10.8 Å². The van der Waals surface area contributed by atoms with Gasteiger partial charge in [0.25, 0.3) is 0 Å². The smallest absolute Gasteiger partial charge is 0.341 e. The van der Waals surface area contributed by atoms with Gasteiger partial charge >= 0.3 is 5.97 Å². The van der Waals surface area contributed by atoms with Crippen molar-refractivity contribution in [1.29, 1.82) is 0 Å². The number of Topliss-reactive ketones (excluding diaryl/α,β-unsaturated/α-hetero) is 1. The van der Waals surface area contributed by atoms with Gasteiger partial charge in [0.05, 0.1) is 12.2 Å². The van der Waals surface area contributed by atoms with E-state index in [0.29, 0.717) is 23.6 Å². The van der Waals surface area contributed by atoms with Crippen molar-refractivity contribution in [3.8, 4) is 0 Å². The summed E-state index contributed by atoms with van der Waals surface area (Å²) in [6.45, 7) is 3.69. The van der Waals surface area contributed by atoms with Crippen LogP contribution < -0.4 is 5.73 Å². The molecule has 0 aliphatic heterocycles. The van der Waals surface area contributed by atoms with Crippen molar-refractivity contribution in [2.24, 2.45) is 0 Å². The fraction of sp³-hybridized carbons (Fsp3) is 0.538. The van der Waals surface area contributed by atoms with Crippen molar-refractivity contribution in [1.82, 2.24) is 0 Å². The Hall–Kier alpha value is -1.36. The number of anilines is 1. The molecule has 2 N–H and O–H groups in total. The average molecular weight is 267 g/mol. The minimum Gasteiger partial charge on any atom is -0.462 e. The third kappa shape index (κ3) is 2.27. The zero-order valence-electron chi connectivity index (χ0n) is 10.6. The summed E-state index contributed by atoms with van der Waals surface area (Å²) in [6.07, 6.45) is 2.31. The number of nitrogens with two attached hydrogens (primary N) is 1. The molecule has 0 saturated carbocycles. The molecule has 1 heterocycles. The Balaban J connectivity index is 2.37. The lowest BCUT2D eigenvalue weighted by atomic mass is 9.94. The Morgan fingerprint density at radius 1 is 1.50 bits per heavy atom. The van der Waals surface area contributed by atoms with Crippen LogP contribution in [-0.4, -0.2) is 18.4 Å². The van der Waals surface area contributed by atoms with Gasteiger partial charge in [-0.1, -0.05) is 0 Å². The molecule has 1 aromatic rings. The molecule has 0 spiro atoms. The van der Waals surface area contributed by atoms with E-state index in [2.05, 4.69) is 0 Å². The van der Waals surface area contributed by atoms with Crippen LogP contribution in [0.15, 0.2) is 0 Å². The van der Waals surface area contributed by atoms with E-state index in [1.807, 2.05) is 0 Å². The number of esters is 1. The molecule has 2 rings (SSSR count). The van der Waals surface area contributed by atoms with Gasteiger partial charge in [-0.25, -0.2) is 4.79 Å². The van der Waals surface area contributed by atoms with Crippen molar-refractivity contribution < 1.29 is 14.3 Å². The lowest BCUT2D eigenvalue weighted by Crippen LogP contribution is -2.11. The molecular formula is C13H17NO3S. The first-order valence-corrected chi connectivity index (χ1v) is 6.93. The van der Waals surface area contributed by atoms with E-state index in [4.69, 9.17) is 10.5 Å². The summed E-state index contributed by atoms with van der Waals surface area (Å²) in [5.74, 6) is -0.0826. The van der Waals surface area contributed by atoms with E-state index in [1.165, 1.54) is 11.3 Å². The molecular weight excluding hydrogens is 250 g/mol. The topological polar surface area (TPSA) is 69.4 Å². The number of ketones is 1. The number of hydrogen-bond donors (Lipinski definition) is 1. The second-order valence-electron chi connectivity index (χ2n) is 4.54. The first-order chi connectivity index (χ1) is 8.54. The average Bonchev–Trinajstić information content (AvgIpc) is 2.77. The third-order valence-corrected chi connectivity index (χ3v) is 4.29. The molecule has 0 fully saturated rings. The summed E-state index contributed by atoms with van der Waals surface area (Å²) >= 11 is 1.45. The number of nitrogen functional groups attached to an aromatic ring is 1. The Morgan fingerprint density at radius 2 is 2.22 bits per heavy atom. The summed E-state index contributed by atoms with van der Waals surface area (Å²) in [4.78, 5) is 24.4. The second-order valence-corrected chi connectivity index (χ2v) is 5.68. The molecule has 1 unspecified atom stereocenters. The van der Waals surface area contributed by atoms with Gasteiger partial charge in [-0.15, -0.1) is 11.3 Å². The first kappa shape index (κ1) is 13.1. The van der Waals surface area contributed by atoms with Gasteiger partial charge in [-0.3, -0.25) is 0 Å². The van der Waals surface area contributed by atoms with Crippen LogP contribution in [0.4, 0.5) is 5.00 Å². The normalized spacial score (nSPS) is 17.6. The molecule has 1 aliphatic carbocycles. The van der Waals surface area contributed by atoms with Gasteiger partial charge in [0.2, 0.25) is 0 Å². The van der Waals surface area contributed by atoms with Crippen molar-refractivity contribution in [2.75, 3.05) is 12.3 Å². The summed E-state index contributed by atoms with van der Waals surface area (Å²) in [7, 11) is 0. The Bertz CT molecular complexity index is 493. The molecule has 4 nitrogen and oxygen atoms in total. The van der Waals surface area contributed by atoms with Crippen LogP contribution in [0.5, 0.6) is 0 Å². The highest BCUT2D eigenvalue weighted by atomic mass is 32.1. The van der Waals surface area contributed by atoms with Gasteiger partial charge in [0.15, 0.2) is 0 Å². The highest BCUT2D eigenvalue weighted by Gasteiger charge is 2.33. The molecule has 0 aromatic carbocycles. The van der Waals surface area contributed by atoms with Crippen molar-refractivity contribution in [3.05, 3.63) is 16.0 Å². The molecule has 0 radical (unpaired) electrons. The second kappa shape index (κ2) is 5.10. The SMILES string of the molecule is CCOC(=O)c1c(N)sc2c1C(CC(C)=O)CC2. The minimum atomic E-state index is -0.358. The molecule has 1 atom stereocenters. The summed E-state index contributed by atoms with van der Waals surface area (Å²) in [6, 6.07) is 0. The number of rotatable bonds is 4. The minimum absolute atomic E-state index is 0.130. The van der Waals surface area contributed by atoms with Crippen LogP contribution in [0.2, 0.25) is 0 Å². The number of fused-ring (bicyclic) bond motifs is 1. The maximum absolute atomic E-state index is 11.9. The molecule has 1 aliphatic rings. The van der Waals surface area contributed by atoms with Crippen molar-refractivity contribution >= 4 is 28.1 Å². The summed E-state index contributed by atoms with van der Waals surface area (Å²) < 4.78 is 5.05. The largest absolute Gasteiger partial charge is 0.462 e. The van der Waals surface area contributed by atoms with Gasteiger partial charge in [-0.2, -0.15) is 0 Å². The zero-order chi connectivity index (χ0) is 13.3. The standard InChI is InChI=1S/C13H17NO3S/c1-3-17-13(16)11-10-8(6-7(2)15)4-5-9(10)18-12(11)14/h8H,3-6,14H2,1-2H3. The third-order valence-electron chi connectivity index (χ3n) is 3.19. The van der Waals surface area contributed by atoms with Crippen LogP contribution in [-0.2, 0) is 16.0 Å². The zero-order valence-corrected chi connectivity index (χ0v) is 11.4. The maximum atomic E-state index is 11.9. The van der Waals surface area contributed by atoms with Crippen LogP contribution in [0.3, 0.4) is 0 Å². The predicted molar refractivity (Wildman–Crippen MR) is 71.0 cm³/mol. The maximum Gasteiger partial charge on any atom is 0.341 e. The van der Waals surface area contributed by atoms with Crippen LogP contribution in [0.25, 0.3) is 0 Å². The fourth-order valence-electron chi connectivity index (χ4n) is 2.54. The Kier molecular flexibility index (Phi) is 3.71. The number of ether oxygens (including phenoxy) is 1. The number of aryl methyl sites for hydroxylation is 1. The molecule has 98 valence electrons. The van der Waals surface area contributed by atoms with Gasteiger partial charge < -0.3 is 15.3 Å². The van der Waals surface area contributed by atoms with Crippen molar-refractivity contribution in [2.45, 2.75) is 39.0 Å². The van der Waals surface area contributed by atoms with Crippen LogP contribution >= 0.6 is 11.3 Å². The van der Waals surface area contributed by atoms with Gasteiger partial charge in [-0.05, 0) is 38.2 Å². The van der Waals surface area contributed by atoms with Gasteiger partial charge in [0, 0.05) is 11.3 Å². The first-order valence-electron chi connectivity index (χ1n) is 6.12. The van der Waals surface area contributed by atoms with Crippen LogP contribution in [0, 0.1) is 0 Å². The number of thiophene rings is 1. The van der Waals surface area contributed by atoms with Crippen molar-refractivity contribution in [3.63, 3.8) is 0 Å². The monoisotopic (exact) mass is 267 g/mol. The van der Waals surface area contributed by atoms with E-state index in [-0.39, 0.29) is 17.7 Å². The lowest BCUT2D eigenvalue weighted by Gasteiger charge is -2.11. The van der Waals surface area contributed by atoms with E-state index < -0.39 is 0 Å². The number of hydrogen-bond acceptors (Lipinski definition) is 5. The quantitative estimate of drug-likeness (QED) is 0.851. The molecule has 0 bridgehead atoms. The van der Waals surface area contributed by atoms with Crippen LogP contribution in [0.1, 0.15) is 53.4 Å². The molecule has 0 saturated heterocycles. The van der Waals surface area contributed by atoms with E-state index in [9.17, 15) is 9.59 Å². The summed E-state index contributed by atoms with van der Waals surface area (Å²) in [5.41, 5.74) is 7.37. The molecule has 1 aromatic heterocycles. The Morgan fingerprint density at radius 3 is 2.83 bits per heavy atom. The van der Waals surface area contributed by atoms with E-state index >= 15 is 0 Å². The summed E-state index contributed by atoms with van der Waals surface area (Å²) in [5, 5.41) is 0.520. The highest BCUT2D eigenvalue weighted by Crippen LogP contribution is 2.45. The molecule has 18 heavy (non-hydrogen) atoms. The molecule has 0 amide bonds. The fourth-order valence-corrected chi connectivity index (χ4v) is 3.70. The highest BCUT2D eigenvalue weighted by molar-refractivity contribution is 7.16. The Labute approximate surface area is 110 Å².